The number of nitrogens with zero attached hydrogens (tertiary/aromatic N) is 1. The summed E-state index contributed by atoms with van der Waals surface area (Å²) in [4.78, 5) is 26.5. The molecule has 2 amide bonds. The van der Waals surface area contributed by atoms with Crippen molar-refractivity contribution in [3.8, 4) is 23.0 Å². The van der Waals surface area contributed by atoms with Gasteiger partial charge in [0.15, 0.2) is 11.5 Å². The highest BCUT2D eigenvalue weighted by atomic mass is 16.5. The lowest BCUT2D eigenvalue weighted by Crippen LogP contribution is -2.43. The van der Waals surface area contributed by atoms with Gasteiger partial charge in [-0.3, -0.25) is 4.79 Å². The molecule has 0 aliphatic carbocycles. The summed E-state index contributed by atoms with van der Waals surface area (Å²) in [6.07, 6.45) is 0.324. The zero-order chi connectivity index (χ0) is 24.0. The predicted molar refractivity (Wildman–Crippen MR) is 123 cm³/mol. The molecule has 0 saturated heterocycles. The number of carbonyl (C=O) groups excluding carboxylic acids is 1. The Kier molecular flexibility index (Phi) is 7.87. The average molecular weight is 459 g/mol. The maximum absolute atomic E-state index is 13.3. The van der Waals surface area contributed by atoms with Crippen molar-refractivity contribution in [1.29, 1.82) is 0 Å². The minimum absolute atomic E-state index is 0.236. The summed E-state index contributed by atoms with van der Waals surface area (Å²) in [6.45, 7) is 5.03. The van der Waals surface area contributed by atoms with Crippen LogP contribution in [0.3, 0.4) is 0 Å². The number of ether oxygens (including phenoxy) is 4. The molecule has 0 saturated carbocycles. The molecule has 1 aliphatic rings. The molecule has 178 valence electrons. The number of rotatable bonds is 9. The number of urea groups is 1. The number of carbonyl (C=O) groups is 2. The Bertz CT molecular complexity index is 1010. The molecule has 2 aromatic carbocycles. The monoisotopic (exact) mass is 458 g/mol. The molecule has 0 bridgehead atoms. The molecule has 0 fully saturated rings. The van der Waals surface area contributed by atoms with Crippen LogP contribution in [-0.2, 0) is 11.2 Å². The van der Waals surface area contributed by atoms with E-state index in [1.807, 2.05) is 19.9 Å². The average Bonchev–Trinajstić information content (AvgIpc) is 2.80. The Morgan fingerprint density at radius 2 is 1.73 bits per heavy atom. The molecule has 1 atom stereocenters. The van der Waals surface area contributed by atoms with E-state index in [1.54, 1.807) is 31.4 Å². The Balaban J connectivity index is 1.94. The first-order chi connectivity index (χ1) is 15.9. The lowest BCUT2D eigenvalue weighted by molar-refractivity contribution is -0.138. The molecular weight excluding hydrogens is 428 g/mol. The van der Waals surface area contributed by atoms with E-state index >= 15 is 0 Å². The maximum Gasteiger partial charge on any atom is 0.322 e. The molecule has 9 nitrogen and oxygen atoms in total. The summed E-state index contributed by atoms with van der Waals surface area (Å²) in [7, 11) is 3.04. The summed E-state index contributed by atoms with van der Waals surface area (Å²) in [5.41, 5.74) is 2.15. The number of fused-ring (bicyclic) bond motifs is 1. The second-order valence-corrected chi connectivity index (χ2v) is 7.42. The van der Waals surface area contributed by atoms with Gasteiger partial charge in [0.1, 0.15) is 11.5 Å². The van der Waals surface area contributed by atoms with Gasteiger partial charge >= 0.3 is 12.0 Å². The first kappa shape index (κ1) is 24.0. The van der Waals surface area contributed by atoms with Crippen molar-refractivity contribution in [3.05, 3.63) is 41.5 Å². The summed E-state index contributed by atoms with van der Waals surface area (Å²) < 4.78 is 22.0. The number of nitrogens with one attached hydrogen (secondary N) is 1. The highest BCUT2D eigenvalue weighted by Crippen LogP contribution is 2.40. The van der Waals surface area contributed by atoms with Crippen LogP contribution >= 0.6 is 0 Å². The lowest BCUT2D eigenvalue weighted by Gasteiger charge is -2.37. The van der Waals surface area contributed by atoms with Crippen molar-refractivity contribution >= 4 is 17.7 Å². The van der Waals surface area contributed by atoms with Gasteiger partial charge in [-0.05, 0) is 55.7 Å². The highest BCUT2D eigenvalue weighted by Gasteiger charge is 2.34. The van der Waals surface area contributed by atoms with Gasteiger partial charge in [0.05, 0.1) is 45.6 Å². The number of hydrogen-bond donors (Lipinski definition) is 2. The number of benzene rings is 2. The molecule has 0 spiro atoms. The summed E-state index contributed by atoms with van der Waals surface area (Å²) in [6, 6.07) is 7.67. The normalized spacial score (nSPS) is 14.8. The van der Waals surface area contributed by atoms with Crippen molar-refractivity contribution in [3.63, 3.8) is 0 Å². The molecule has 2 aromatic rings. The minimum Gasteiger partial charge on any atom is -0.497 e. The molecule has 0 radical (unpaired) electrons. The Morgan fingerprint density at radius 3 is 2.33 bits per heavy atom. The van der Waals surface area contributed by atoms with Crippen LogP contribution in [0.1, 0.15) is 37.4 Å². The topological polar surface area (TPSA) is 107 Å². The maximum atomic E-state index is 13.3. The number of amides is 2. The van der Waals surface area contributed by atoms with Gasteiger partial charge < -0.3 is 34.3 Å². The third kappa shape index (κ3) is 5.42. The summed E-state index contributed by atoms with van der Waals surface area (Å²) in [5.74, 6) is 1.18. The molecule has 0 aromatic heterocycles. The fourth-order valence-corrected chi connectivity index (χ4v) is 3.96. The van der Waals surface area contributed by atoms with E-state index in [0.29, 0.717) is 54.9 Å². The number of hydrogen-bond acceptors (Lipinski definition) is 6. The van der Waals surface area contributed by atoms with Gasteiger partial charge in [-0.25, -0.2) is 4.79 Å². The van der Waals surface area contributed by atoms with Crippen LogP contribution in [-0.4, -0.2) is 56.0 Å². The van der Waals surface area contributed by atoms with Crippen LogP contribution < -0.4 is 24.3 Å². The third-order valence-electron chi connectivity index (χ3n) is 5.44. The minimum atomic E-state index is -1.00. The third-order valence-corrected chi connectivity index (χ3v) is 5.44. The van der Waals surface area contributed by atoms with Crippen LogP contribution in [0.4, 0.5) is 10.5 Å². The number of anilines is 1. The Hall–Kier alpha value is -3.62. The van der Waals surface area contributed by atoms with E-state index in [-0.39, 0.29) is 6.42 Å². The molecule has 33 heavy (non-hydrogen) atoms. The van der Waals surface area contributed by atoms with Gasteiger partial charge in [0, 0.05) is 12.6 Å². The number of aliphatic carboxylic acids is 1. The van der Waals surface area contributed by atoms with Gasteiger partial charge in [-0.1, -0.05) is 0 Å². The SMILES string of the molecule is CCOc1cc2c(cc1OCC)[C@@H](CC(=O)O)N(C(=O)Nc1ccc(OC)cc1OC)CC2. The zero-order valence-electron chi connectivity index (χ0n) is 19.3. The quantitative estimate of drug-likeness (QED) is 0.582. The van der Waals surface area contributed by atoms with Gasteiger partial charge in [0.25, 0.3) is 0 Å². The summed E-state index contributed by atoms with van der Waals surface area (Å²) in [5, 5.41) is 12.4. The second-order valence-electron chi connectivity index (χ2n) is 7.42. The number of carboxylic acid groups (broad SMARTS) is 1. The van der Waals surface area contributed by atoms with E-state index in [2.05, 4.69) is 5.32 Å². The lowest BCUT2D eigenvalue weighted by atomic mass is 9.90. The number of carboxylic acids is 1. The summed E-state index contributed by atoms with van der Waals surface area (Å²) >= 11 is 0. The van der Waals surface area contributed by atoms with Gasteiger partial charge in [-0.2, -0.15) is 0 Å². The van der Waals surface area contributed by atoms with Crippen LogP contribution in [0.2, 0.25) is 0 Å². The fourth-order valence-electron chi connectivity index (χ4n) is 3.96. The van der Waals surface area contributed by atoms with Crippen LogP contribution in [0.25, 0.3) is 0 Å². The van der Waals surface area contributed by atoms with Crippen LogP contribution in [0.5, 0.6) is 23.0 Å². The largest absolute Gasteiger partial charge is 0.497 e. The van der Waals surface area contributed by atoms with E-state index in [1.165, 1.54) is 12.0 Å². The standard InChI is InChI=1S/C24H30N2O7/c1-5-32-21-11-15-9-10-26(19(14-23(27)28)17(15)13-22(21)33-6-2)24(29)25-18-8-7-16(30-3)12-20(18)31-4/h7-8,11-13,19H,5-6,9-10,14H2,1-4H3,(H,25,29)(H,27,28)/t19-/m1/s1. The van der Waals surface area contributed by atoms with Gasteiger partial charge in [0.2, 0.25) is 0 Å². The molecule has 2 N–H and O–H groups in total. The molecule has 3 rings (SSSR count). The van der Waals surface area contributed by atoms with Crippen LogP contribution in [0.15, 0.2) is 30.3 Å². The molecule has 1 heterocycles. The predicted octanol–water partition coefficient (Wildman–Crippen LogP) is 4.11. The van der Waals surface area contributed by atoms with E-state index in [9.17, 15) is 14.7 Å². The smallest absolute Gasteiger partial charge is 0.322 e. The number of methoxy groups -OCH3 is 2. The Morgan fingerprint density at radius 1 is 1.03 bits per heavy atom. The molecule has 0 unspecified atom stereocenters. The van der Waals surface area contributed by atoms with Crippen molar-refractivity contribution < 1.29 is 33.6 Å². The first-order valence-electron chi connectivity index (χ1n) is 10.9. The molecular formula is C24H30N2O7. The van der Waals surface area contributed by atoms with Gasteiger partial charge in [-0.15, -0.1) is 0 Å². The zero-order valence-corrected chi connectivity index (χ0v) is 19.3. The molecule has 1 aliphatic heterocycles. The molecule has 9 heteroatoms. The van der Waals surface area contributed by atoms with Crippen molar-refractivity contribution in [2.75, 3.05) is 39.3 Å². The highest BCUT2D eigenvalue weighted by molar-refractivity contribution is 5.92. The second kappa shape index (κ2) is 10.8. The Labute approximate surface area is 193 Å². The van der Waals surface area contributed by atoms with E-state index in [0.717, 1.165) is 11.1 Å². The fraction of sp³-hybridized carbons (Fsp3) is 0.417. The van der Waals surface area contributed by atoms with Crippen molar-refractivity contribution in [1.82, 2.24) is 4.90 Å². The first-order valence-corrected chi connectivity index (χ1v) is 10.9. The van der Waals surface area contributed by atoms with E-state index < -0.39 is 18.0 Å². The van der Waals surface area contributed by atoms with Crippen molar-refractivity contribution in [2.45, 2.75) is 32.7 Å². The van der Waals surface area contributed by atoms with E-state index in [4.69, 9.17) is 18.9 Å². The van der Waals surface area contributed by atoms with Crippen molar-refractivity contribution in [2.24, 2.45) is 0 Å². The van der Waals surface area contributed by atoms with Crippen LogP contribution in [0, 0.1) is 0 Å².